The maximum atomic E-state index is 12.3. The van der Waals surface area contributed by atoms with E-state index in [1.165, 1.54) is 4.90 Å². The van der Waals surface area contributed by atoms with E-state index in [9.17, 15) is 14.7 Å². The first-order chi connectivity index (χ1) is 9.40. The first-order valence-electron chi connectivity index (χ1n) is 7.70. The van der Waals surface area contributed by atoms with Gasteiger partial charge >= 0.3 is 12.0 Å². The minimum absolute atomic E-state index is 0.0980. The van der Waals surface area contributed by atoms with Gasteiger partial charge in [-0.2, -0.15) is 0 Å². The van der Waals surface area contributed by atoms with Crippen LogP contribution in [0.4, 0.5) is 4.79 Å². The van der Waals surface area contributed by atoms with Crippen molar-refractivity contribution in [3.05, 3.63) is 0 Å². The van der Waals surface area contributed by atoms with Crippen LogP contribution in [0.2, 0.25) is 0 Å². The van der Waals surface area contributed by atoms with Crippen LogP contribution in [0.3, 0.4) is 0 Å². The predicted octanol–water partition coefficient (Wildman–Crippen LogP) is 2.71. The zero-order valence-corrected chi connectivity index (χ0v) is 13.1. The molecule has 1 fully saturated rings. The summed E-state index contributed by atoms with van der Waals surface area (Å²) in [6, 6.07) is -0.813. The zero-order chi connectivity index (χ0) is 15.3. The number of nitrogens with zero attached hydrogens (tertiary/aromatic N) is 1. The van der Waals surface area contributed by atoms with Gasteiger partial charge in [-0.1, -0.05) is 34.1 Å². The summed E-state index contributed by atoms with van der Waals surface area (Å²) in [7, 11) is 0. The van der Waals surface area contributed by atoms with Crippen molar-refractivity contribution in [3.63, 3.8) is 0 Å². The molecule has 116 valence electrons. The Labute approximate surface area is 121 Å². The first-order valence-corrected chi connectivity index (χ1v) is 7.70. The van der Waals surface area contributed by atoms with Crippen LogP contribution in [0.5, 0.6) is 0 Å². The van der Waals surface area contributed by atoms with Gasteiger partial charge in [0.1, 0.15) is 6.04 Å². The van der Waals surface area contributed by atoms with E-state index in [2.05, 4.69) is 26.1 Å². The number of carbonyl (C=O) groups excluding carboxylic acids is 1. The lowest BCUT2D eigenvalue weighted by molar-refractivity contribution is -0.144. The molecule has 0 saturated carbocycles. The molecule has 2 N–H and O–H groups in total. The quantitative estimate of drug-likeness (QED) is 0.815. The summed E-state index contributed by atoms with van der Waals surface area (Å²) in [4.78, 5) is 25.2. The largest absolute Gasteiger partial charge is 0.480 e. The van der Waals surface area contributed by atoms with Crippen molar-refractivity contribution in [2.45, 2.75) is 65.5 Å². The van der Waals surface area contributed by atoms with Gasteiger partial charge in [-0.05, 0) is 31.1 Å². The predicted molar refractivity (Wildman–Crippen MR) is 78.6 cm³/mol. The standard InChI is InChI=1S/C15H28N2O3/c1-5-11-7-8-17(13(9-11)14(18)19)15(20)16-12(6-2)10(3)4/h10-13H,5-9H2,1-4H3,(H,16,20)(H,18,19). The number of nitrogens with one attached hydrogen (secondary N) is 1. The Morgan fingerprint density at radius 1 is 1.35 bits per heavy atom. The smallest absolute Gasteiger partial charge is 0.326 e. The molecule has 1 aliphatic heterocycles. The number of hydrogen-bond acceptors (Lipinski definition) is 2. The summed E-state index contributed by atoms with van der Waals surface area (Å²) < 4.78 is 0. The average Bonchev–Trinajstić information content (AvgIpc) is 2.43. The molecule has 0 aromatic heterocycles. The van der Waals surface area contributed by atoms with Gasteiger partial charge in [0.05, 0.1) is 0 Å². The summed E-state index contributed by atoms with van der Waals surface area (Å²) in [5.74, 6) is -0.136. The summed E-state index contributed by atoms with van der Waals surface area (Å²) in [5.41, 5.74) is 0. The number of amides is 2. The van der Waals surface area contributed by atoms with Gasteiger partial charge in [0.15, 0.2) is 0 Å². The Balaban J connectivity index is 2.72. The summed E-state index contributed by atoms with van der Waals surface area (Å²) in [6.45, 7) is 8.77. The highest BCUT2D eigenvalue weighted by molar-refractivity contribution is 5.83. The third kappa shape index (κ3) is 4.12. The Kier molecular flexibility index (Phi) is 6.30. The fraction of sp³-hybridized carbons (Fsp3) is 0.867. The fourth-order valence-corrected chi connectivity index (χ4v) is 2.87. The Bertz CT molecular complexity index is 344. The van der Waals surface area contributed by atoms with E-state index in [0.717, 1.165) is 19.3 Å². The number of rotatable bonds is 5. The second-order valence-corrected chi connectivity index (χ2v) is 6.05. The molecule has 1 saturated heterocycles. The van der Waals surface area contributed by atoms with E-state index in [0.29, 0.717) is 24.8 Å². The van der Waals surface area contributed by atoms with Crippen LogP contribution in [-0.2, 0) is 4.79 Å². The zero-order valence-electron chi connectivity index (χ0n) is 13.1. The van der Waals surface area contributed by atoms with Crippen molar-refractivity contribution >= 4 is 12.0 Å². The lowest BCUT2D eigenvalue weighted by Gasteiger charge is -2.38. The molecule has 0 spiro atoms. The Hall–Kier alpha value is -1.26. The van der Waals surface area contributed by atoms with Crippen LogP contribution in [0.25, 0.3) is 0 Å². The lowest BCUT2D eigenvalue weighted by atomic mass is 9.89. The summed E-state index contributed by atoms with van der Waals surface area (Å²) >= 11 is 0. The number of carboxylic acids is 1. The Morgan fingerprint density at radius 3 is 2.45 bits per heavy atom. The number of carboxylic acid groups (broad SMARTS) is 1. The Morgan fingerprint density at radius 2 is 2.00 bits per heavy atom. The van der Waals surface area contributed by atoms with Crippen molar-refractivity contribution in [2.24, 2.45) is 11.8 Å². The van der Waals surface area contributed by atoms with E-state index in [1.807, 2.05) is 6.92 Å². The van der Waals surface area contributed by atoms with Gasteiger partial charge in [0.2, 0.25) is 0 Å². The molecule has 5 nitrogen and oxygen atoms in total. The number of aliphatic carboxylic acids is 1. The second-order valence-electron chi connectivity index (χ2n) is 6.05. The molecule has 0 bridgehead atoms. The third-order valence-corrected chi connectivity index (χ3v) is 4.39. The van der Waals surface area contributed by atoms with Crippen LogP contribution in [0.1, 0.15) is 53.4 Å². The molecule has 0 radical (unpaired) electrons. The van der Waals surface area contributed by atoms with Crippen LogP contribution in [-0.4, -0.2) is 40.6 Å². The van der Waals surface area contributed by atoms with Crippen LogP contribution in [0.15, 0.2) is 0 Å². The topological polar surface area (TPSA) is 69.6 Å². The molecule has 1 heterocycles. The number of urea groups is 1. The summed E-state index contributed by atoms with van der Waals surface area (Å²) in [5, 5.41) is 12.3. The molecule has 0 aliphatic carbocycles. The highest BCUT2D eigenvalue weighted by Crippen LogP contribution is 2.25. The van der Waals surface area contributed by atoms with E-state index in [1.54, 1.807) is 0 Å². The molecule has 1 rings (SSSR count). The van der Waals surface area contributed by atoms with E-state index >= 15 is 0 Å². The molecule has 3 unspecified atom stereocenters. The van der Waals surface area contributed by atoms with Crippen LogP contribution < -0.4 is 5.32 Å². The molecule has 3 atom stereocenters. The molecule has 20 heavy (non-hydrogen) atoms. The molecular formula is C15H28N2O3. The normalized spacial score (nSPS) is 24.6. The van der Waals surface area contributed by atoms with Crippen molar-refractivity contribution < 1.29 is 14.7 Å². The number of carbonyl (C=O) groups is 2. The third-order valence-electron chi connectivity index (χ3n) is 4.39. The van der Waals surface area contributed by atoms with Gasteiger partial charge < -0.3 is 15.3 Å². The van der Waals surface area contributed by atoms with Crippen LogP contribution >= 0.6 is 0 Å². The first kappa shape index (κ1) is 16.8. The summed E-state index contributed by atoms with van der Waals surface area (Å²) in [6.07, 6.45) is 3.29. The average molecular weight is 284 g/mol. The van der Waals surface area contributed by atoms with Gasteiger partial charge in [-0.15, -0.1) is 0 Å². The lowest BCUT2D eigenvalue weighted by Crippen LogP contribution is -2.55. The van der Waals surface area contributed by atoms with Crippen molar-refractivity contribution in [2.75, 3.05) is 6.54 Å². The molecule has 5 heteroatoms. The molecular weight excluding hydrogens is 256 g/mol. The number of hydrogen-bond donors (Lipinski definition) is 2. The number of piperidine rings is 1. The maximum absolute atomic E-state index is 12.3. The van der Waals surface area contributed by atoms with Crippen molar-refractivity contribution in [1.82, 2.24) is 10.2 Å². The highest BCUT2D eigenvalue weighted by Gasteiger charge is 2.36. The minimum atomic E-state index is -0.893. The van der Waals surface area contributed by atoms with Gasteiger partial charge in [0.25, 0.3) is 0 Å². The van der Waals surface area contributed by atoms with Crippen molar-refractivity contribution in [1.29, 1.82) is 0 Å². The SMILES string of the molecule is CCC1CCN(C(=O)NC(CC)C(C)C)C(C(=O)O)C1. The van der Waals surface area contributed by atoms with Gasteiger partial charge in [-0.3, -0.25) is 0 Å². The highest BCUT2D eigenvalue weighted by atomic mass is 16.4. The minimum Gasteiger partial charge on any atom is -0.480 e. The number of likely N-dealkylation sites (tertiary alicyclic amines) is 1. The molecule has 0 aromatic carbocycles. The van der Waals surface area contributed by atoms with E-state index < -0.39 is 12.0 Å². The monoisotopic (exact) mass is 284 g/mol. The molecule has 2 amide bonds. The van der Waals surface area contributed by atoms with Crippen molar-refractivity contribution in [3.8, 4) is 0 Å². The van der Waals surface area contributed by atoms with Gasteiger partial charge in [-0.25, -0.2) is 9.59 Å². The molecule has 1 aliphatic rings. The second kappa shape index (κ2) is 7.50. The molecule has 0 aromatic rings. The van der Waals surface area contributed by atoms with E-state index in [-0.39, 0.29) is 12.1 Å². The van der Waals surface area contributed by atoms with E-state index in [4.69, 9.17) is 0 Å². The fourth-order valence-electron chi connectivity index (χ4n) is 2.87. The maximum Gasteiger partial charge on any atom is 0.326 e. The van der Waals surface area contributed by atoms with Crippen LogP contribution in [0, 0.1) is 11.8 Å². The van der Waals surface area contributed by atoms with Gasteiger partial charge in [0, 0.05) is 12.6 Å².